The molecule has 0 N–H and O–H groups in total. The van der Waals surface area contributed by atoms with Gasteiger partial charge in [0.1, 0.15) is 0 Å². The molecule has 0 radical (unpaired) electrons. The Morgan fingerprint density at radius 2 is 1.65 bits per heavy atom. The van der Waals surface area contributed by atoms with E-state index in [0.717, 1.165) is 5.01 Å². The number of non-ortho nitro benzene ring substituents is 1. The summed E-state index contributed by atoms with van der Waals surface area (Å²) in [6, 6.07) is 11.5. The van der Waals surface area contributed by atoms with Crippen LogP contribution in [0.25, 0.3) is 0 Å². The Kier molecular flexibility index (Phi) is 4.98. The first kappa shape index (κ1) is 16.1. The lowest BCUT2D eigenvalue weighted by molar-refractivity contribution is -0.384. The van der Waals surface area contributed by atoms with Crippen LogP contribution in [0.1, 0.15) is 17.3 Å². The van der Waals surface area contributed by atoms with Crippen LogP contribution in [0, 0.1) is 15.0 Å². The molecule has 0 saturated heterocycles. The number of nitro benzene ring substituents is 1. The van der Waals surface area contributed by atoms with Crippen molar-refractivity contribution < 1.29 is 14.5 Å². The molecule has 0 heterocycles. The number of esters is 1. The molecule has 0 spiro atoms. The van der Waals surface area contributed by atoms with Crippen LogP contribution in [-0.2, 0) is 4.74 Å². The van der Waals surface area contributed by atoms with Crippen molar-refractivity contribution in [2.45, 2.75) is 6.92 Å². The van der Waals surface area contributed by atoms with E-state index in [1.165, 1.54) is 48.5 Å². The summed E-state index contributed by atoms with van der Waals surface area (Å²) in [6.45, 7) is 1.98. The molecular formula is C15H13N3O5. The second-order valence-electron chi connectivity index (χ2n) is 4.43. The zero-order valence-electron chi connectivity index (χ0n) is 12.2. The highest BCUT2D eigenvalue weighted by atomic mass is 16.6. The van der Waals surface area contributed by atoms with Gasteiger partial charge in [0.15, 0.2) is 0 Å². The molecule has 0 saturated carbocycles. The molecule has 0 aliphatic rings. The van der Waals surface area contributed by atoms with Gasteiger partial charge in [-0.05, 0) is 43.3 Å². The van der Waals surface area contributed by atoms with E-state index in [9.17, 15) is 19.8 Å². The number of carbonyl (C=O) groups is 1. The first-order valence-electron chi connectivity index (χ1n) is 6.72. The van der Waals surface area contributed by atoms with Crippen molar-refractivity contribution in [3.8, 4) is 0 Å². The van der Waals surface area contributed by atoms with Gasteiger partial charge >= 0.3 is 5.97 Å². The fraction of sp³-hybridized carbons (Fsp3) is 0.133. The number of hydrogen-bond donors (Lipinski definition) is 0. The second kappa shape index (κ2) is 7.12. The summed E-state index contributed by atoms with van der Waals surface area (Å²) in [6.07, 6.45) is 0. The predicted octanol–water partition coefficient (Wildman–Crippen LogP) is 3.59. The Labute approximate surface area is 131 Å². The summed E-state index contributed by atoms with van der Waals surface area (Å²) >= 11 is 0. The molecule has 0 unspecified atom stereocenters. The van der Waals surface area contributed by atoms with E-state index < -0.39 is 10.9 Å². The molecule has 2 aromatic rings. The summed E-state index contributed by atoms with van der Waals surface area (Å²) in [4.78, 5) is 32.8. The number of ether oxygens (including phenoxy) is 1. The van der Waals surface area contributed by atoms with Crippen LogP contribution < -0.4 is 5.01 Å². The number of carbonyl (C=O) groups excluding carboxylic acids is 1. The van der Waals surface area contributed by atoms with Gasteiger partial charge in [0.05, 0.1) is 33.8 Å². The summed E-state index contributed by atoms with van der Waals surface area (Å²) in [5.74, 6) is -0.458. The molecule has 0 aliphatic heterocycles. The Balaban J connectivity index is 2.25. The van der Waals surface area contributed by atoms with Crippen molar-refractivity contribution in [1.29, 1.82) is 0 Å². The summed E-state index contributed by atoms with van der Waals surface area (Å²) in [7, 11) is 0. The van der Waals surface area contributed by atoms with E-state index in [1.54, 1.807) is 6.92 Å². The molecule has 0 amide bonds. The lowest BCUT2D eigenvalue weighted by atomic mass is 10.2. The normalized spacial score (nSPS) is 9.96. The number of hydrogen-bond acceptors (Lipinski definition) is 6. The van der Waals surface area contributed by atoms with Crippen molar-refractivity contribution in [2.24, 2.45) is 5.29 Å². The minimum absolute atomic E-state index is 0.0859. The molecular weight excluding hydrogens is 302 g/mol. The molecule has 0 atom stereocenters. The highest BCUT2D eigenvalue weighted by Crippen LogP contribution is 2.27. The number of rotatable bonds is 6. The van der Waals surface area contributed by atoms with Crippen LogP contribution in [0.15, 0.2) is 53.8 Å². The van der Waals surface area contributed by atoms with Crippen LogP contribution >= 0.6 is 0 Å². The van der Waals surface area contributed by atoms with Gasteiger partial charge in [-0.1, -0.05) is 0 Å². The van der Waals surface area contributed by atoms with Gasteiger partial charge in [0.2, 0.25) is 0 Å². The van der Waals surface area contributed by atoms with E-state index in [0.29, 0.717) is 16.9 Å². The van der Waals surface area contributed by atoms with Gasteiger partial charge in [0, 0.05) is 12.1 Å². The summed E-state index contributed by atoms with van der Waals surface area (Å²) in [5.41, 5.74) is 1.05. The van der Waals surface area contributed by atoms with Crippen molar-refractivity contribution in [3.05, 3.63) is 69.1 Å². The van der Waals surface area contributed by atoms with Gasteiger partial charge in [-0.25, -0.2) is 4.79 Å². The number of anilines is 2. The number of nitroso groups, excluding NO2 is 1. The smallest absolute Gasteiger partial charge is 0.338 e. The average Bonchev–Trinajstić information content (AvgIpc) is 2.57. The lowest BCUT2D eigenvalue weighted by Gasteiger charge is -2.15. The van der Waals surface area contributed by atoms with Crippen molar-refractivity contribution in [1.82, 2.24) is 0 Å². The summed E-state index contributed by atoms with van der Waals surface area (Å²) < 4.78 is 4.87. The first-order valence-corrected chi connectivity index (χ1v) is 6.72. The molecule has 2 rings (SSSR count). The van der Waals surface area contributed by atoms with Crippen LogP contribution in [0.2, 0.25) is 0 Å². The van der Waals surface area contributed by atoms with E-state index in [2.05, 4.69) is 5.29 Å². The Bertz CT molecular complexity index is 713. The van der Waals surface area contributed by atoms with Crippen molar-refractivity contribution in [3.63, 3.8) is 0 Å². The first-order chi connectivity index (χ1) is 11.1. The highest BCUT2D eigenvalue weighted by molar-refractivity contribution is 5.90. The standard InChI is InChI=1S/C15H13N3O5/c1-2-23-15(19)11-3-5-12(6-4-11)17(16-20)13-7-9-14(10-8-13)18(21)22/h3-10H,2H2,1H3. The number of benzene rings is 2. The minimum atomic E-state index is -0.531. The maximum absolute atomic E-state index is 11.6. The SMILES string of the molecule is CCOC(=O)c1ccc(N(N=O)c2ccc([N+](=O)[O-])cc2)cc1. The third kappa shape index (κ3) is 3.67. The second-order valence-corrected chi connectivity index (χ2v) is 4.43. The van der Waals surface area contributed by atoms with Gasteiger partial charge in [-0.15, -0.1) is 4.91 Å². The maximum Gasteiger partial charge on any atom is 0.338 e. The van der Waals surface area contributed by atoms with Gasteiger partial charge < -0.3 is 4.74 Å². The highest BCUT2D eigenvalue weighted by Gasteiger charge is 2.13. The van der Waals surface area contributed by atoms with Crippen LogP contribution in [-0.4, -0.2) is 17.5 Å². The fourth-order valence-corrected chi connectivity index (χ4v) is 1.91. The third-order valence-electron chi connectivity index (χ3n) is 3.01. The Hall–Kier alpha value is -3.29. The molecule has 23 heavy (non-hydrogen) atoms. The monoisotopic (exact) mass is 315 g/mol. The largest absolute Gasteiger partial charge is 0.462 e. The predicted molar refractivity (Wildman–Crippen MR) is 83.4 cm³/mol. The molecule has 0 fully saturated rings. The topological polar surface area (TPSA) is 102 Å². The third-order valence-corrected chi connectivity index (χ3v) is 3.01. The van der Waals surface area contributed by atoms with Gasteiger partial charge in [-0.3, -0.25) is 10.1 Å². The van der Waals surface area contributed by atoms with E-state index in [4.69, 9.17) is 4.74 Å². The molecule has 0 aromatic heterocycles. The molecule has 8 heteroatoms. The van der Waals surface area contributed by atoms with Crippen molar-refractivity contribution in [2.75, 3.05) is 11.6 Å². The fourth-order valence-electron chi connectivity index (χ4n) is 1.91. The van der Waals surface area contributed by atoms with Crippen LogP contribution in [0.5, 0.6) is 0 Å². The van der Waals surface area contributed by atoms with Crippen LogP contribution in [0.3, 0.4) is 0 Å². The van der Waals surface area contributed by atoms with Gasteiger partial charge in [-0.2, -0.15) is 5.01 Å². The number of nitro groups is 1. The van der Waals surface area contributed by atoms with Gasteiger partial charge in [0.25, 0.3) is 5.69 Å². The maximum atomic E-state index is 11.6. The van der Waals surface area contributed by atoms with E-state index >= 15 is 0 Å². The Morgan fingerprint density at radius 1 is 1.13 bits per heavy atom. The Morgan fingerprint density at radius 3 is 2.09 bits per heavy atom. The minimum Gasteiger partial charge on any atom is -0.462 e. The average molecular weight is 315 g/mol. The quantitative estimate of drug-likeness (QED) is 0.349. The molecule has 0 aliphatic carbocycles. The van der Waals surface area contributed by atoms with E-state index in [1.807, 2.05) is 0 Å². The zero-order chi connectivity index (χ0) is 16.8. The lowest BCUT2D eigenvalue weighted by Crippen LogP contribution is -2.09. The summed E-state index contributed by atoms with van der Waals surface area (Å²) in [5, 5.41) is 14.6. The molecule has 0 bridgehead atoms. The molecule has 2 aromatic carbocycles. The number of nitrogens with zero attached hydrogens (tertiary/aromatic N) is 3. The molecule has 8 nitrogen and oxygen atoms in total. The van der Waals surface area contributed by atoms with Crippen LogP contribution in [0.4, 0.5) is 17.1 Å². The zero-order valence-corrected chi connectivity index (χ0v) is 12.2. The van der Waals surface area contributed by atoms with Crippen molar-refractivity contribution >= 4 is 23.0 Å². The van der Waals surface area contributed by atoms with E-state index in [-0.39, 0.29) is 12.3 Å². The molecule has 118 valence electrons.